The smallest absolute Gasteiger partial charge is 0.223 e. The molecule has 5 aromatic rings. The second-order valence-corrected chi connectivity index (χ2v) is 19.6. The number of likely N-dealkylation sites (tertiary alicyclic amines) is 1. The number of nitrogens with one attached hydrogen (secondary N) is 1. The van der Waals surface area contributed by atoms with Gasteiger partial charge in [-0.3, -0.25) is 4.90 Å². The quantitative estimate of drug-likeness (QED) is 0.122. The van der Waals surface area contributed by atoms with E-state index in [1.165, 1.54) is 5.56 Å². The van der Waals surface area contributed by atoms with Crippen LogP contribution in [0.25, 0.3) is 32.7 Å². The third kappa shape index (κ3) is 7.44. The van der Waals surface area contributed by atoms with Crippen molar-refractivity contribution in [1.82, 2.24) is 24.4 Å². The summed E-state index contributed by atoms with van der Waals surface area (Å²) in [5.74, 6) is 0.580. The Morgan fingerprint density at radius 1 is 1.09 bits per heavy atom. The van der Waals surface area contributed by atoms with Gasteiger partial charge in [0.2, 0.25) is 5.95 Å². The van der Waals surface area contributed by atoms with Crippen LogP contribution in [0.3, 0.4) is 0 Å². The highest BCUT2D eigenvalue weighted by atomic mass is 32.1. The maximum absolute atomic E-state index is 10.7. The number of rotatable bonds is 11. The Labute approximate surface area is 264 Å². The molecule has 0 spiro atoms. The maximum atomic E-state index is 10.7. The lowest BCUT2D eigenvalue weighted by Crippen LogP contribution is -2.48. The molecule has 1 saturated heterocycles. The summed E-state index contributed by atoms with van der Waals surface area (Å²) in [4.78, 5) is 16.5. The minimum Gasteiger partial charge on any atom is -0.392 e. The van der Waals surface area contributed by atoms with E-state index in [1.807, 2.05) is 23.8 Å². The fraction of sp³-hybridized carbons (Fsp3) is 0.382. The lowest BCUT2D eigenvalue weighted by molar-refractivity contribution is 0.0602. The second-order valence-electron chi connectivity index (χ2n) is 13.1. The third-order valence-electron chi connectivity index (χ3n) is 8.10. The highest BCUT2D eigenvalue weighted by Gasteiger charge is 2.27. The number of ether oxygens (including phenoxy) is 1. The fourth-order valence-corrected chi connectivity index (χ4v) is 7.22. The molecule has 10 heteroatoms. The average molecular weight is 627 g/mol. The van der Waals surface area contributed by atoms with Gasteiger partial charge in [-0.1, -0.05) is 62.1 Å². The van der Waals surface area contributed by atoms with Crippen LogP contribution in [0.5, 0.6) is 0 Å². The van der Waals surface area contributed by atoms with Crippen LogP contribution in [0, 0.1) is 6.92 Å². The molecule has 0 unspecified atom stereocenters. The van der Waals surface area contributed by atoms with Crippen LogP contribution in [0.4, 0.5) is 5.95 Å². The zero-order valence-corrected chi connectivity index (χ0v) is 27.8. The molecule has 2 atom stereocenters. The Bertz CT molecular complexity index is 1690. The number of fused-ring (bicyclic) bond motifs is 1. The van der Waals surface area contributed by atoms with Crippen molar-refractivity contribution in [1.29, 1.82) is 0 Å². The second kappa shape index (κ2) is 13.3. The van der Waals surface area contributed by atoms with Gasteiger partial charge in [0.25, 0.3) is 0 Å². The Kier molecular flexibility index (Phi) is 9.25. The molecular formula is C34H42N6O2SSi. The van der Waals surface area contributed by atoms with Gasteiger partial charge < -0.3 is 19.7 Å². The van der Waals surface area contributed by atoms with Gasteiger partial charge in [0, 0.05) is 80.8 Å². The predicted molar refractivity (Wildman–Crippen MR) is 183 cm³/mol. The molecule has 2 aromatic carbocycles. The fourth-order valence-electron chi connectivity index (χ4n) is 5.83. The van der Waals surface area contributed by atoms with Crippen LogP contribution in [-0.4, -0.2) is 69.4 Å². The predicted octanol–water partition coefficient (Wildman–Crippen LogP) is 6.89. The summed E-state index contributed by atoms with van der Waals surface area (Å²) in [5.41, 5.74) is 6.39. The first-order valence-corrected chi connectivity index (χ1v) is 20.0. The molecule has 0 saturated carbocycles. The van der Waals surface area contributed by atoms with Crippen LogP contribution in [-0.2, 0) is 18.0 Å². The molecule has 1 fully saturated rings. The SMILES string of the molecule is Cc1cnc(N[C@H]2C[C@@H](O)CN(Cc3ccccc3)C2)nc1-c1cn(COCC[Si](C)(C)C)c2cc(-c3nccs3)ccc12. The number of aryl methyl sites for hydroxylation is 1. The van der Waals surface area contributed by atoms with Crippen molar-refractivity contribution in [3.05, 3.63) is 83.6 Å². The summed E-state index contributed by atoms with van der Waals surface area (Å²) in [6.45, 7) is 12.7. The summed E-state index contributed by atoms with van der Waals surface area (Å²) < 4.78 is 8.41. The number of hydrogen-bond acceptors (Lipinski definition) is 8. The van der Waals surface area contributed by atoms with Crippen molar-refractivity contribution in [3.8, 4) is 21.8 Å². The molecule has 8 nitrogen and oxygen atoms in total. The highest BCUT2D eigenvalue weighted by molar-refractivity contribution is 7.13. The van der Waals surface area contributed by atoms with Gasteiger partial charge in [-0.25, -0.2) is 15.0 Å². The van der Waals surface area contributed by atoms with E-state index >= 15 is 0 Å². The lowest BCUT2D eigenvalue weighted by atomic mass is 10.0. The molecular weight excluding hydrogens is 585 g/mol. The largest absolute Gasteiger partial charge is 0.392 e. The molecule has 44 heavy (non-hydrogen) atoms. The highest BCUT2D eigenvalue weighted by Crippen LogP contribution is 2.35. The molecule has 230 valence electrons. The summed E-state index contributed by atoms with van der Waals surface area (Å²) in [6, 6.07) is 18.1. The van der Waals surface area contributed by atoms with Gasteiger partial charge in [-0.15, -0.1) is 11.3 Å². The zero-order valence-electron chi connectivity index (χ0n) is 26.0. The minimum atomic E-state index is -1.19. The number of anilines is 1. The van der Waals surface area contributed by atoms with Crippen molar-refractivity contribution in [2.24, 2.45) is 0 Å². The molecule has 0 bridgehead atoms. The van der Waals surface area contributed by atoms with E-state index in [4.69, 9.17) is 9.72 Å². The van der Waals surface area contributed by atoms with Crippen LogP contribution in [0.15, 0.2) is 72.5 Å². The van der Waals surface area contributed by atoms with Crippen LogP contribution in [0.2, 0.25) is 25.7 Å². The van der Waals surface area contributed by atoms with Crippen LogP contribution < -0.4 is 5.32 Å². The Balaban J connectivity index is 1.27. The van der Waals surface area contributed by atoms with E-state index in [9.17, 15) is 5.11 Å². The number of aliphatic hydroxyl groups is 1. The van der Waals surface area contributed by atoms with Crippen molar-refractivity contribution < 1.29 is 9.84 Å². The Morgan fingerprint density at radius 2 is 1.93 bits per heavy atom. The summed E-state index contributed by atoms with van der Waals surface area (Å²) in [7, 11) is -1.19. The van der Waals surface area contributed by atoms with Gasteiger partial charge in [-0.05, 0) is 36.6 Å². The number of aliphatic hydroxyl groups excluding tert-OH is 1. The molecule has 1 aliphatic rings. The van der Waals surface area contributed by atoms with E-state index in [2.05, 4.69) is 100.0 Å². The monoisotopic (exact) mass is 626 g/mol. The topological polar surface area (TPSA) is 88.3 Å². The van der Waals surface area contributed by atoms with E-state index in [0.717, 1.165) is 64.0 Å². The average Bonchev–Trinajstić information content (AvgIpc) is 3.65. The molecule has 4 heterocycles. The summed E-state index contributed by atoms with van der Waals surface area (Å²) in [5, 5.41) is 18.4. The Hall–Kier alpha value is -3.41. The number of piperidine rings is 1. The molecule has 1 aliphatic heterocycles. The number of aromatic nitrogens is 4. The van der Waals surface area contributed by atoms with Crippen LogP contribution >= 0.6 is 11.3 Å². The van der Waals surface area contributed by atoms with Gasteiger partial charge in [-0.2, -0.15) is 0 Å². The number of nitrogens with zero attached hydrogens (tertiary/aromatic N) is 5. The normalized spacial score (nSPS) is 17.8. The van der Waals surface area contributed by atoms with E-state index in [1.54, 1.807) is 11.3 Å². The van der Waals surface area contributed by atoms with Crippen molar-refractivity contribution in [3.63, 3.8) is 0 Å². The van der Waals surface area contributed by atoms with Crippen molar-refractivity contribution in [2.75, 3.05) is 25.0 Å². The molecule has 2 N–H and O–H groups in total. The van der Waals surface area contributed by atoms with Gasteiger partial charge >= 0.3 is 0 Å². The minimum absolute atomic E-state index is 0.0416. The van der Waals surface area contributed by atoms with E-state index in [0.29, 0.717) is 25.6 Å². The zero-order chi connectivity index (χ0) is 30.7. The molecule has 6 rings (SSSR count). The van der Waals surface area contributed by atoms with E-state index < -0.39 is 14.2 Å². The molecule has 0 amide bonds. The van der Waals surface area contributed by atoms with Crippen molar-refractivity contribution in [2.45, 2.75) is 64.5 Å². The lowest BCUT2D eigenvalue weighted by Gasteiger charge is -2.36. The number of benzene rings is 2. The molecule has 0 aliphatic carbocycles. The number of thiazole rings is 1. The maximum Gasteiger partial charge on any atom is 0.223 e. The first-order chi connectivity index (χ1) is 21.2. The van der Waals surface area contributed by atoms with Gasteiger partial charge in [0.05, 0.1) is 17.3 Å². The molecule has 3 aromatic heterocycles. The number of β-amino-alcohol motifs (C(OH)–C–C–N with tert-alkyl or cyclic N) is 1. The van der Waals surface area contributed by atoms with E-state index in [-0.39, 0.29) is 6.04 Å². The van der Waals surface area contributed by atoms with Crippen molar-refractivity contribution >= 4 is 36.3 Å². The third-order valence-corrected chi connectivity index (χ3v) is 10.6. The number of hydrogen-bond donors (Lipinski definition) is 2. The standard InChI is InChI=1S/C34H42N6O2SSi/c1-24-18-36-34(37-27-17-28(41)21-39(20-27)19-25-8-6-5-7-9-25)38-32(24)30-22-40(23-42-13-15-44(2,3)4)31-16-26(10-11-29(30)31)33-35-12-14-43-33/h5-12,14,16,18,22,27-28,41H,13,15,17,19-21,23H2,1-4H3,(H,36,37,38)/t27-,28+/m0/s1. The first-order valence-electron chi connectivity index (χ1n) is 15.4. The first kappa shape index (κ1) is 30.6. The van der Waals surface area contributed by atoms with Gasteiger partial charge in [0.1, 0.15) is 11.7 Å². The Morgan fingerprint density at radius 3 is 2.70 bits per heavy atom. The van der Waals surface area contributed by atoms with Gasteiger partial charge in [0.15, 0.2) is 0 Å². The van der Waals surface area contributed by atoms with Crippen LogP contribution in [0.1, 0.15) is 17.5 Å². The summed E-state index contributed by atoms with van der Waals surface area (Å²) in [6.07, 6.45) is 6.16. The summed E-state index contributed by atoms with van der Waals surface area (Å²) >= 11 is 1.64. The molecule has 0 radical (unpaired) electrons.